The molecular weight excluding hydrogens is 308 g/mol. The summed E-state index contributed by atoms with van der Waals surface area (Å²) in [6, 6.07) is 5.45. The molecule has 1 aromatic rings. The highest BCUT2D eigenvalue weighted by Gasteiger charge is 2.34. The summed E-state index contributed by atoms with van der Waals surface area (Å²) in [5, 5.41) is 12.1. The number of carbonyl (C=O) groups is 3. The Morgan fingerprint density at radius 2 is 1.88 bits per heavy atom. The molecule has 0 unspecified atom stereocenters. The second kappa shape index (κ2) is 6.47. The molecule has 126 valence electrons. The largest absolute Gasteiger partial charge is 0.481 e. The maximum absolute atomic E-state index is 12.5. The SMILES string of the molecule is CC(=O)N1CCc2cc(NC(=O)[C@H]3CC=CC[C@H]3C(=O)O)ccc21. The summed E-state index contributed by atoms with van der Waals surface area (Å²) in [4.78, 5) is 37.1. The second-order valence-electron chi connectivity index (χ2n) is 6.25. The average molecular weight is 328 g/mol. The lowest BCUT2D eigenvalue weighted by molar-refractivity contribution is -0.146. The highest BCUT2D eigenvalue weighted by molar-refractivity contribution is 5.97. The van der Waals surface area contributed by atoms with Crippen molar-refractivity contribution in [3.05, 3.63) is 35.9 Å². The first-order valence-corrected chi connectivity index (χ1v) is 8.07. The molecule has 1 aliphatic heterocycles. The van der Waals surface area contributed by atoms with Gasteiger partial charge in [-0.3, -0.25) is 14.4 Å². The molecule has 0 fully saturated rings. The molecular formula is C18H20N2O4. The molecule has 1 aliphatic carbocycles. The van der Waals surface area contributed by atoms with Crippen LogP contribution in [0.4, 0.5) is 11.4 Å². The molecule has 2 N–H and O–H groups in total. The van der Waals surface area contributed by atoms with Crippen molar-refractivity contribution < 1.29 is 19.5 Å². The van der Waals surface area contributed by atoms with Gasteiger partial charge < -0.3 is 15.3 Å². The van der Waals surface area contributed by atoms with Gasteiger partial charge in [-0.15, -0.1) is 0 Å². The van der Waals surface area contributed by atoms with E-state index in [1.54, 1.807) is 11.0 Å². The van der Waals surface area contributed by atoms with Gasteiger partial charge in [0.05, 0.1) is 11.8 Å². The fourth-order valence-electron chi connectivity index (χ4n) is 3.42. The number of carboxylic acids is 1. The van der Waals surface area contributed by atoms with Crippen LogP contribution >= 0.6 is 0 Å². The Morgan fingerprint density at radius 3 is 2.54 bits per heavy atom. The Balaban J connectivity index is 1.75. The van der Waals surface area contributed by atoms with Gasteiger partial charge in [-0.2, -0.15) is 0 Å². The van der Waals surface area contributed by atoms with Crippen molar-refractivity contribution in [1.29, 1.82) is 0 Å². The first-order chi connectivity index (χ1) is 11.5. The van der Waals surface area contributed by atoms with Crippen LogP contribution in [0.3, 0.4) is 0 Å². The number of carboxylic acid groups (broad SMARTS) is 1. The van der Waals surface area contributed by atoms with Crippen LogP contribution in [0.1, 0.15) is 25.3 Å². The topological polar surface area (TPSA) is 86.7 Å². The number of hydrogen-bond acceptors (Lipinski definition) is 3. The molecule has 24 heavy (non-hydrogen) atoms. The number of allylic oxidation sites excluding steroid dienone is 2. The molecule has 0 saturated heterocycles. The highest BCUT2D eigenvalue weighted by Crippen LogP contribution is 2.32. The first kappa shape index (κ1) is 16.2. The predicted octanol–water partition coefficient (Wildman–Crippen LogP) is 2.20. The maximum Gasteiger partial charge on any atom is 0.307 e. The number of benzene rings is 1. The third kappa shape index (κ3) is 3.04. The van der Waals surface area contributed by atoms with Gasteiger partial charge in [0.1, 0.15) is 0 Å². The van der Waals surface area contributed by atoms with Gasteiger partial charge in [0, 0.05) is 24.8 Å². The molecule has 2 aliphatic rings. The lowest BCUT2D eigenvalue weighted by Gasteiger charge is -2.24. The van der Waals surface area contributed by atoms with Crippen molar-refractivity contribution in [3.63, 3.8) is 0 Å². The van der Waals surface area contributed by atoms with E-state index in [1.807, 2.05) is 24.3 Å². The summed E-state index contributed by atoms with van der Waals surface area (Å²) in [7, 11) is 0. The van der Waals surface area contributed by atoms with Crippen LogP contribution in [0.15, 0.2) is 30.4 Å². The van der Waals surface area contributed by atoms with E-state index < -0.39 is 17.8 Å². The molecule has 0 spiro atoms. The number of fused-ring (bicyclic) bond motifs is 1. The van der Waals surface area contributed by atoms with Crippen LogP contribution in [-0.2, 0) is 20.8 Å². The van der Waals surface area contributed by atoms with Gasteiger partial charge >= 0.3 is 5.97 Å². The van der Waals surface area contributed by atoms with Gasteiger partial charge in [-0.1, -0.05) is 12.2 Å². The van der Waals surface area contributed by atoms with Gasteiger partial charge in [0.15, 0.2) is 0 Å². The number of hydrogen-bond donors (Lipinski definition) is 2. The van der Waals surface area contributed by atoms with Gasteiger partial charge in [-0.25, -0.2) is 0 Å². The minimum Gasteiger partial charge on any atom is -0.481 e. The van der Waals surface area contributed by atoms with E-state index >= 15 is 0 Å². The highest BCUT2D eigenvalue weighted by atomic mass is 16.4. The Morgan fingerprint density at radius 1 is 1.17 bits per heavy atom. The summed E-state index contributed by atoms with van der Waals surface area (Å²) in [5.74, 6) is -2.45. The van der Waals surface area contributed by atoms with Crippen molar-refractivity contribution >= 4 is 29.2 Å². The molecule has 0 bridgehead atoms. The van der Waals surface area contributed by atoms with Crippen molar-refractivity contribution in [3.8, 4) is 0 Å². The summed E-state index contributed by atoms with van der Waals surface area (Å²) >= 11 is 0. The van der Waals surface area contributed by atoms with Gasteiger partial charge in [-0.05, 0) is 43.0 Å². The summed E-state index contributed by atoms with van der Waals surface area (Å²) in [5.41, 5.74) is 2.54. The normalized spacial score (nSPS) is 22.1. The fraction of sp³-hybridized carbons (Fsp3) is 0.389. The number of amides is 2. The number of anilines is 2. The molecule has 6 nitrogen and oxygen atoms in total. The van der Waals surface area contributed by atoms with Crippen LogP contribution in [0.25, 0.3) is 0 Å². The Hall–Kier alpha value is -2.63. The number of aliphatic carboxylic acids is 1. The quantitative estimate of drug-likeness (QED) is 0.833. The summed E-state index contributed by atoms with van der Waals surface area (Å²) in [6.07, 6.45) is 5.24. The molecule has 2 amide bonds. The van der Waals surface area contributed by atoms with E-state index in [2.05, 4.69) is 5.32 Å². The number of nitrogens with zero attached hydrogens (tertiary/aromatic N) is 1. The fourth-order valence-corrected chi connectivity index (χ4v) is 3.42. The predicted molar refractivity (Wildman–Crippen MR) is 89.8 cm³/mol. The third-order valence-electron chi connectivity index (χ3n) is 4.71. The van der Waals surface area contributed by atoms with Crippen LogP contribution in [-0.4, -0.2) is 29.4 Å². The number of carbonyl (C=O) groups excluding carboxylic acids is 2. The van der Waals surface area contributed by atoms with Crippen molar-refractivity contribution in [2.45, 2.75) is 26.2 Å². The Labute approximate surface area is 140 Å². The molecule has 0 radical (unpaired) electrons. The Kier molecular flexibility index (Phi) is 4.38. The zero-order valence-corrected chi connectivity index (χ0v) is 13.5. The third-order valence-corrected chi connectivity index (χ3v) is 4.71. The first-order valence-electron chi connectivity index (χ1n) is 8.07. The molecule has 1 heterocycles. The lowest BCUT2D eigenvalue weighted by atomic mass is 9.82. The van der Waals surface area contributed by atoms with Crippen LogP contribution in [0, 0.1) is 11.8 Å². The summed E-state index contributed by atoms with van der Waals surface area (Å²) < 4.78 is 0. The van der Waals surface area contributed by atoms with Gasteiger partial charge in [0.25, 0.3) is 0 Å². The average Bonchev–Trinajstić information content (AvgIpc) is 2.98. The van der Waals surface area contributed by atoms with Crippen molar-refractivity contribution in [1.82, 2.24) is 0 Å². The molecule has 0 saturated carbocycles. The van der Waals surface area contributed by atoms with Crippen molar-refractivity contribution in [2.75, 3.05) is 16.8 Å². The standard InChI is InChI=1S/C18H20N2O4/c1-11(21)20-9-8-12-10-13(6-7-16(12)20)19-17(22)14-4-2-3-5-15(14)18(23)24/h2-3,6-7,10,14-15H,4-5,8-9H2,1H3,(H,19,22)(H,23,24)/t14-,15+/m0/s1. The minimum atomic E-state index is -0.939. The molecule has 2 atom stereocenters. The van der Waals surface area contributed by atoms with Gasteiger partial charge in [0.2, 0.25) is 11.8 Å². The van der Waals surface area contributed by atoms with Crippen LogP contribution in [0.5, 0.6) is 0 Å². The summed E-state index contributed by atoms with van der Waals surface area (Å²) in [6.45, 7) is 2.18. The molecule has 3 rings (SSSR count). The lowest BCUT2D eigenvalue weighted by Crippen LogP contribution is -2.34. The van der Waals surface area contributed by atoms with E-state index in [0.717, 1.165) is 17.7 Å². The van der Waals surface area contributed by atoms with Crippen LogP contribution < -0.4 is 10.2 Å². The van der Waals surface area contributed by atoms with E-state index in [9.17, 15) is 19.5 Å². The van der Waals surface area contributed by atoms with Crippen molar-refractivity contribution in [2.24, 2.45) is 11.8 Å². The van der Waals surface area contributed by atoms with E-state index in [4.69, 9.17) is 0 Å². The number of rotatable bonds is 3. The monoisotopic (exact) mass is 328 g/mol. The van der Waals surface area contributed by atoms with E-state index in [0.29, 0.717) is 25.1 Å². The minimum absolute atomic E-state index is 0.00354. The zero-order valence-electron chi connectivity index (χ0n) is 13.5. The molecule has 1 aromatic carbocycles. The molecule has 6 heteroatoms. The Bertz CT molecular complexity index is 726. The molecule has 0 aromatic heterocycles. The van der Waals surface area contributed by atoms with Crippen LogP contribution in [0.2, 0.25) is 0 Å². The van der Waals surface area contributed by atoms with E-state index in [-0.39, 0.29) is 11.8 Å². The number of nitrogens with one attached hydrogen (secondary N) is 1. The second-order valence-corrected chi connectivity index (χ2v) is 6.25. The zero-order chi connectivity index (χ0) is 17.3. The smallest absolute Gasteiger partial charge is 0.307 e. The maximum atomic E-state index is 12.5. The van der Waals surface area contributed by atoms with E-state index in [1.165, 1.54) is 6.92 Å².